The minimum absolute atomic E-state index is 0.635. The van der Waals surface area contributed by atoms with Crippen LogP contribution in [-0.4, -0.2) is 0 Å². The average molecular weight is 139 g/mol. The Morgan fingerprint density at radius 1 is 1.10 bits per heavy atom. The van der Waals surface area contributed by atoms with Crippen LogP contribution < -0.4 is 5.73 Å². The third-order valence-corrected chi connectivity index (χ3v) is 1.69. The molecule has 0 saturated heterocycles. The Bertz CT molecular complexity index is 123. The fraction of sp³-hybridized carbons (Fsp3) is 0.556. The lowest BCUT2D eigenvalue weighted by Gasteiger charge is -2.08. The van der Waals surface area contributed by atoms with E-state index in [0.29, 0.717) is 11.8 Å². The number of allylic oxidation sites excluding steroid dienone is 3. The molecule has 0 aromatic rings. The van der Waals surface area contributed by atoms with E-state index in [1.807, 2.05) is 12.2 Å². The molecular formula is C9H17N. The van der Waals surface area contributed by atoms with Crippen molar-refractivity contribution >= 4 is 0 Å². The second-order valence-corrected chi connectivity index (χ2v) is 2.87. The summed E-state index contributed by atoms with van der Waals surface area (Å²) in [5.41, 5.74) is 5.16. The van der Waals surface area contributed by atoms with Gasteiger partial charge in [0.1, 0.15) is 0 Å². The zero-order valence-electron chi connectivity index (χ0n) is 7.04. The lowest BCUT2D eigenvalue weighted by molar-refractivity contribution is 0.504. The van der Waals surface area contributed by atoms with Gasteiger partial charge in [0.25, 0.3) is 0 Å². The van der Waals surface area contributed by atoms with Crippen molar-refractivity contribution in [3.63, 3.8) is 0 Å². The summed E-state index contributed by atoms with van der Waals surface area (Å²) >= 11 is 0. The normalized spacial score (nSPS) is 15.6. The number of hydrogen-bond donors (Lipinski definition) is 1. The van der Waals surface area contributed by atoms with Crippen LogP contribution in [0.5, 0.6) is 0 Å². The summed E-state index contributed by atoms with van der Waals surface area (Å²) in [4.78, 5) is 0. The molecule has 0 radical (unpaired) electrons. The highest BCUT2D eigenvalue weighted by molar-refractivity contribution is 5.02. The first-order chi connectivity index (χ1) is 4.68. The largest absolute Gasteiger partial charge is 0.405 e. The molecule has 1 heteroatoms. The van der Waals surface area contributed by atoms with Gasteiger partial charge in [0, 0.05) is 0 Å². The van der Waals surface area contributed by atoms with Crippen LogP contribution in [0.4, 0.5) is 0 Å². The summed E-state index contributed by atoms with van der Waals surface area (Å²) in [7, 11) is 0. The van der Waals surface area contributed by atoms with Crippen molar-refractivity contribution in [3.8, 4) is 0 Å². The SMILES string of the molecule is CC(C)C(C)/C=C\C=C/N. The molecule has 0 heterocycles. The van der Waals surface area contributed by atoms with Gasteiger partial charge in [0.2, 0.25) is 0 Å². The third-order valence-electron chi connectivity index (χ3n) is 1.69. The Labute approximate surface area is 63.6 Å². The predicted octanol–water partition coefficient (Wildman–Crippen LogP) is 2.31. The summed E-state index contributed by atoms with van der Waals surface area (Å²) in [5.74, 6) is 1.35. The van der Waals surface area contributed by atoms with Gasteiger partial charge in [-0.2, -0.15) is 0 Å². The zero-order valence-corrected chi connectivity index (χ0v) is 7.04. The number of rotatable bonds is 3. The van der Waals surface area contributed by atoms with E-state index in [0.717, 1.165) is 0 Å². The fourth-order valence-corrected chi connectivity index (χ4v) is 0.526. The van der Waals surface area contributed by atoms with Gasteiger partial charge in [0.15, 0.2) is 0 Å². The van der Waals surface area contributed by atoms with Gasteiger partial charge in [-0.1, -0.05) is 32.9 Å². The van der Waals surface area contributed by atoms with Gasteiger partial charge >= 0.3 is 0 Å². The molecule has 0 aliphatic carbocycles. The maximum Gasteiger partial charge on any atom is -0.00625 e. The Hall–Kier alpha value is -0.720. The lowest BCUT2D eigenvalue weighted by atomic mass is 9.98. The quantitative estimate of drug-likeness (QED) is 0.596. The van der Waals surface area contributed by atoms with Crippen LogP contribution in [0.15, 0.2) is 24.4 Å². The zero-order chi connectivity index (χ0) is 7.98. The standard InChI is InChI=1S/C9H17N/c1-8(2)9(3)6-4-5-7-10/h4-9H,10H2,1-3H3/b6-4-,7-5-. The highest BCUT2D eigenvalue weighted by Crippen LogP contribution is 2.10. The van der Waals surface area contributed by atoms with E-state index in [2.05, 4.69) is 26.8 Å². The molecule has 0 aliphatic rings. The molecule has 0 saturated carbocycles. The molecule has 2 N–H and O–H groups in total. The van der Waals surface area contributed by atoms with Gasteiger partial charge in [-0.15, -0.1) is 0 Å². The van der Waals surface area contributed by atoms with Gasteiger partial charge in [-0.3, -0.25) is 0 Å². The number of nitrogens with two attached hydrogens (primary N) is 1. The van der Waals surface area contributed by atoms with Crippen molar-refractivity contribution in [2.45, 2.75) is 20.8 Å². The van der Waals surface area contributed by atoms with E-state index in [4.69, 9.17) is 5.73 Å². The maximum absolute atomic E-state index is 5.16. The topological polar surface area (TPSA) is 26.0 Å². The molecule has 0 aromatic heterocycles. The first kappa shape index (κ1) is 9.28. The second kappa shape index (κ2) is 5.10. The van der Waals surface area contributed by atoms with Crippen LogP contribution in [0.3, 0.4) is 0 Å². The van der Waals surface area contributed by atoms with Gasteiger partial charge < -0.3 is 5.73 Å². The van der Waals surface area contributed by atoms with Crippen LogP contribution in [0.1, 0.15) is 20.8 Å². The molecular weight excluding hydrogens is 122 g/mol. The molecule has 58 valence electrons. The van der Waals surface area contributed by atoms with Crippen LogP contribution in [0.2, 0.25) is 0 Å². The highest BCUT2D eigenvalue weighted by Gasteiger charge is 1.99. The minimum atomic E-state index is 0.635. The van der Waals surface area contributed by atoms with E-state index in [1.165, 1.54) is 0 Å². The van der Waals surface area contributed by atoms with E-state index < -0.39 is 0 Å². The van der Waals surface area contributed by atoms with Crippen molar-refractivity contribution in [3.05, 3.63) is 24.4 Å². The molecule has 0 amide bonds. The molecule has 1 nitrogen and oxygen atoms in total. The molecule has 0 aliphatic heterocycles. The van der Waals surface area contributed by atoms with Crippen LogP contribution in [0.25, 0.3) is 0 Å². The average Bonchev–Trinajstić information content (AvgIpc) is 1.88. The molecule has 0 bridgehead atoms. The maximum atomic E-state index is 5.16. The van der Waals surface area contributed by atoms with Crippen LogP contribution in [0, 0.1) is 11.8 Å². The van der Waals surface area contributed by atoms with E-state index in [1.54, 1.807) is 6.20 Å². The second-order valence-electron chi connectivity index (χ2n) is 2.87. The smallest absolute Gasteiger partial charge is 0.00625 e. The summed E-state index contributed by atoms with van der Waals surface area (Å²) in [5, 5.41) is 0. The molecule has 1 unspecified atom stereocenters. The molecule has 0 aromatic carbocycles. The summed E-state index contributed by atoms with van der Waals surface area (Å²) < 4.78 is 0. The van der Waals surface area contributed by atoms with E-state index in [9.17, 15) is 0 Å². The molecule has 10 heavy (non-hydrogen) atoms. The van der Waals surface area contributed by atoms with Gasteiger partial charge in [0.05, 0.1) is 0 Å². The molecule has 0 rings (SSSR count). The van der Waals surface area contributed by atoms with Crippen molar-refractivity contribution in [1.82, 2.24) is 0 Å². The van der Waals surface area contributed by atoms with Crippen molar-refractivity contribution in [2.24, 2.45) is 17.6 Å². The Morgan fingerprint density at radius 3 is 2.10 bits per heavy atom. The van der Waals surface area contributed by atoms with Crippen molar-refractivity contribution in [1.29, 1.82) is 0 Å². The van der Waals surface area contributed by atoms with E-state index >= 15 is 0 Å². The van der Waals surface area contributed by atoms with E-state index in [-0.39, 0.29) is 0 Å². The Morgan fingerprint density at radius 2 is 1.70 bits per heavy atom. The number of hydrogen-bond acceptors (Lipinski definition) is 1. The van der Waals surface area contributed by atoms with Crippen LogP contribution >= 0.6 is 0 Å². The van der Waals surface area contributed by atoms with Crippen LogP contribution in [-0.2, 0) is 0 Å². The summed E-state index contributed by atoms with van der Waals surface area (Å²) in [6, 6.07) is 0. The molecule has 0 spiro atoms. The minimum Gasteiger partial charge on any atom is -0.405 e. The van der Waals surface area contributed by atoms with Gasteiger partial charge in [-0.05, 0) is 24.1 Å². The van der Waals surface area contributed by atoms with Crippen molar-refractivity contribution < 1.29 is 0 Å². The monoisotopic (exact) mass is 139 g/mol. The highest BCUT2D eigenvalue weighted by atomic mass is 14.5. The third kappa shape index (κ3) is 4.19. The van der Waals surface area contributed by atoms with Gasteiger partial charge in [-0.25, -0.2) is 0 Å². The summed E-state index contributed by atoms with van der Waals surface area (Å²) in [6.07, 6.45) is 7.54. The first-order valence-corrected chi connectivity index (χ1v) is 3.73. The fourth-order valence-electron chi connectivity index (χ4n) is 0.526. The predicted molar refractivity (Wildman–Crippen MR) is 46.5 cm³/mol. The Kier molecular flexibility index (Phi) is 4.73. The first-order valence-electron chi connectivity index (χ1n) is 3.73. The summed E-state index contributed by atoms with van der Waals surface area (Å²) in [6.45, 7) is 6.62. The Balaban J connectivity index is 3.66. The lowest BCUT2D eigenvalue weighted by Crippen LogP contribution is -1.98. The molecule has 0 fully saturated rings. The molecule has 1 atom stereocenters. The van der Waals surface area contributed by atoms with Crippen molar-refractivity contribution in [2.75, 3.05) is 0 Å².